The number of carbonyl (C=O) groups excluding carboxylic acids is 1. The van der Waals surface area contributed by atoms with Crippen molar-refractivity contribution in [1.29, 1.82) is 0 Å². The van der Waals surface area contributed by atoms with Crippen LogP contribution >= 0.6 is 0 Å². The maximum atomic E-state index is 12.7. The van der Waals surface area contributed by atoms with Crippen LogP contribution in [0.2, 0.25) is 0 Å². The topological polar surface area (TPSA) is 59.8 Å². The van der Waals surface area contributed by atoms with Gasteiger partial charge in [-0.25, -0.2) is 9.67 Å². The van der Waals surface area contributed by atoms with Crippen molar-refractivity contribution in [2.24, 2.45) is 0 Å². The first-order valence-corrected chi connectivity index (χ1v) is 9.71. The number of fused-ring (bicyclic) bond motifs is 2. The average Bonchev–Trinajstić information content (AvgIpc) is 3.02. The van der Waals surface area contributed by atoms with Crippen molar-refractivity contribution >= 4 is 33.7 Å². The monoisotopic (exact) mass is 372 g/mol. The number of pyridine rings is 1. The van der Waals surface area contributed by atoms with Crippen LogP contribution in [0.25, 0.3) is 21.9 Å². The maximum absolute atomic E-state index is 12.7. The van der Waals surface area contributed by atoms with Crippen molar-refractivity contribution in [3.05, 3.63) is 65.2 Å². The van der Waals surface area contributed by atoms with E-state index in [0.717, 1.165) is 52.4 Å². The number of benzene rings is 2. The molecule has 0 bridgehead atoms. The molecule has 0 unspecified atom stereocenters. The van der Waals surface area contributed by atoms with Gasteiger partial charge >= 0.3 is 0 Å². The van der Waals surface area contributed by atoms with Crippen molar-refractivity contribution in [3.63, 3.8) is 0 Å². The van der Waals surface area contributed by atoms with Crippen molar-refractivity contribution in [3.8, 4) is 0 Å². The molecule has 4 rings (SSSR count). The molecule has 142 valence electrons. The highest BCUT2D eigenvalue weighted by Gasteiger charge is 2.16. The molecule has 0 saturated heterocycles. The molecule has 1 N–H and O–H groups in total. The van der Waals surface area contributed by atoms with Gasteiger partial charge in [0.25, 0.3) is 5.91 Å². The fourth-order valence-corrected chi connectivity index (χ4v) is 3.37. The van der Waals surface area contributed by atoms with Crippen LogP contribution in [0.1, 0.15) is 41.3 Å². The number of aryl methyl sites for hydroxylation is 3. The van der Waals surface area contributed by atoms with Gasteiger partial charge in [0.15, 0.2) is 11.5 Å². The zero-order valence-corrected chi connectivity index (χ0v) is 16.5. The summed E-state index contributed by atoms with van der Waals surface area (Å²) in [5.74, 6) is 0.402. The van der Waals surface area contributed by atoms with Gasteiger partial charge in [0.2, 0.25) is 0 Å². The molecular weight excluding hydrogens is 348 g/mol. The van der Waals surface area contributed by atoms with Crippen LogP contribution in [0.4, 0.5) is 5.82 Å². The largest absolute Gasteiger partial charge is 0.305 e. The van der Waals surface area contributed by atoms with E-state index in [-0.39, 0.29) is 5.91 Å². The lowest BCUT2D eigenvalue weighted by atomic mass is 10.1. The highest BCUT2D eigenvalue weighted by atomic mass is 16.1. The van der Waals surface area contributed by atoms with Crippen LogP contribution in [0.5, 0.6) is 0 Å². The van der Waals surface area contributed by atoms with E-state index in [9.17, 15) is 4.79 Å². The summed E-state index contributed by atoms with van der Waals surface area (Å²) in [4.78, 5) is 17.6. The minimum absolute atomic E-state index is 0.161. The van der Waals surface area contributed by atoms with E-state index in [1.807, 2.05) is 48.0 Å². The summed E-state index contributed by atoms with van der Waals surface area (Å²) in [5, 5.41) is 9.59. The van der Waals surface area contributed by atoms with Gasteiger partial charge in [0.05, 0.1) is 10.9 Å². The summed E-state index contributed by atoms with van der Waals surface area (Å²) in [5.41, 5.74) is 4.66. The predicted molar refractivity (Wildman–Crippen MR) is 114 cm³/mol. The number of nitrogens with zero attached hydrogens (tertiary/aromatic N) is 3. The van der Waals surface area contributed by atoms with E-state index in [1.165, 1.54) is 0 Å². The summed E-state index contributed by atoms with van der Waals surface area (Å²) in [6.07, 6.45) is 2.08. The van der Waals surface area contributed by atoms with Crippen LogP contribution in [-0.2, 0) is 6.54 Å². The highest BCUT2D eigenvalue weighted by molar-refractivity contribution is 6.09. The number of anilines is 1. The van der Waals surface area contributed by atoms with Gasteiger partial charge in [0, 0.05) is 17.5 Å². The maximum Gasteiger partial charge on any atom is 0.256 e. The SMILES string of the molecule is CCCCn1nc(NC(=O)c2ccc(C)cc2)c2cc3cccc(C)c3nc21. The number of hydrogen-bond acceptors (Lipinski definition) is 3. The minimum atomic E-state index is -0.161. The van der Waals surface area contributed by atoms with Gasteiger partial charge in [-0.05, 0) is 44.0 Å². The summed E-state index contributed by atoms with van der Waals surface area (Å²) in [6.45, 7) is 6.99. The Morgan fingerprint density at radius 2 is 1.89 bits per heavy atom. The number of nitrogens with one attached hydrogen (secondary N) is 1. The van der Waals surface area contributed by atoms with Gasteiger partial charge in [-0.3, -0.25) is 4.79 Å². The van der Waals surface area contributed by atoms with E-state index in [1.54, 1.807) is 0 Å². The summed E-state index contributed by atoms with van der Waals surface area (Å²) in [7, 11) is 0. The molecule has 0 aliphatic heterocycles. The first-order chi connectivity index (χ1) is 13.6. The lowest BCUT2D eigenvalue weighted by Gasteiger charge is -2.05. The van der Waals surface area contributed by atoms with E-state index >= 15 is 0 Å². The number of aromatic nitrogens is 3. The van der Waals surface area contributed by atoms with Crippen molar-refractivity contribution in [2.75, 3.05) is 5.32 Å². The van der Waals surface area contributed by atoms with Gasteiger partial charge in [-0.15, -0.1) is 0 Å². The number of para-hydroxylation sites is 1. The zero-order chi connectivity index (χ0) is 19.7. The van der Waals surface area contributed by atoms with Crippen LogP contribution in [0.15, 0.2) is 48.5 Å². The Hall–Kier alpha value is -3.21. The summed E-state index contributed by atoms with van der Waals surface area (Å²) in [6, 6.07) is 15.7. The number of rotatable bonds is 5. The predicted octanol–water partition coefficient (Wildman–Crippen LogP) is 5.25. The average molecular weight is 372 g/mol. The Kier molecular flexibility index (Phi) is 4.82. The first kappa shape index (κ1) is 18.2. The normalized spacial score (nSPS) is 11.2. The van der Waals surface area contributed by atoms with Gasteiger partial charge in [-0.1, -0.05) is 49.2 Å². The van der Waals surface area contributed by atoms with Crippen molar-refractivity contribution in [1.82, 2.24) is 14.8 Å². The molecule has 0 atom stereocenters. The quantitative estimate of drug-likeness (QED) is 0.520. The smallest absolute Gasteiger partial charge is 0.256 e. The summed E-state index contributed by atoms with van der Waals surface area (Å²) >= 11 is 0. The minimum Gasteiger partial charge on any atom is -0.305 e. The molecule has 5 heteroatoms. The molecule has 5 nitrogen and oxygen atoms in total. The van der Waals surface area contributed by atoms with Gasteiger partial charge in [0.1, 0.15) is 0 Å². The van der Waals surface area contributed by atoms with Gasteiger partial charge in [-0.2, -0.15) is 5.10 Å². The third-order valence-electron chi connectivity index (χ3n) is 5.02. The molecule has 0 aliphatic rings. The third-order valence-corrected chi connectivity index (χ3v) is 5.02. The molecule has 0 saturated carbocycles. The Morgan fingerprint density at radius 3 is 2.64 bits per heavy atom. The Bertz CT molecular complexity index is 1160. The Balaban J connectivity index is 1.80. The second kappa shape index (κ2) is 7.43. The fraction of sp³-hybridized carbons (Fsp3) is 0.261. The molecule has 2 aromatic carbocycles. The molecule has 0 radical (unpaired) electrons. The van der Waals surface area contributed by atoms with E-state index in [4.69, 9.17) is 4.98 Å². The van der Waals surface area contributed by atoms with Crippen molar-refractivity contribution < 1.29 is 4.79 Å². The molecular formula is C23H24N4O. The molecule has 4 aromatic rings. The lowest BCUT2D eigenvalue weighted by molar-refractivity contribution is 0.102. The number of hydrogen-bond donors (Lipinski definition) is 1. The van der Waals surface area contributed by atoms with Crippen LogP contribution in [-0.4, -0.2) is 20.7 Å². The van der Waals surface area contributed by atoms with E-state index in [2.05, 4.69) is 36.4 Å². The number of carbonyl (C=O) groups is 1. The zero-order valence-electron chi connectivity index (χ0n) is 16.5. The Morgan fingerprint density at radius 1 is 1.11 bits per heavy atom. The molecule has 1 amide bonds. The van der Waals surface area contributed by atoms with Crippen LogP contribution in [0.3, 0.4) is 0 Å². The molecule has 2 heterocycles. The molecule has 28 heavy (non-hydrogen) atoms. The molecule has 0 aliphatic carbocycles. The number of unbranched alkanes of at least 4 members (excludes halogenated alkanes) is 1. The van der Waals surface area contributed by atoms with E-state index < -0.39 is 0 Å². The highest BCUT2D eigenvalue weighted by Crippen LogP contribution is 2.28. The standard InChI is InChI=1S/C23H24N4O/c1-4-5-13-27-22-19(14-18-8-6-7-16(3)20(18)24-22)21(26-27)25-23(28)17-11-9-15(2)10-12-17/h6-12,14H,4-5,13H2,1-3H3,(H,25,26,28). The molecule has 0 spiro atoms. The first-order valence-electron chi connectivity index (χ1n) is 9.71. The van der Waals surface area contributed by atoms with Crippen LogP contribution < -0.4 is 5.32 Å². The summed E-state index contributed by atoms with van der Waals surface area (Å²) < 4.78 is 1.91. The Labute approximate surface area is 164 Å². The second-order valence-electron chi connectivity index (χ2n) is 7.25. The second-order valence-corrected chi connectivity index (χ2v) is 7.25. The molecule has 0 fully saturated rings. The number of amides is 1. The molecule has 2 aromatic heterocycles. The van der Waals surface area contributed by atoms with Gasteiger partial charge < -0.3 is 5.32 Å². The van der Waals surface area contributed by atoms with Crippen molar-refractivity contribution in [2.45, 2.75) is 40.2 Å². The fourth-order valence-electron chi connectivity index (χ4n) is 3.37. The third kappa shape index (κ3) is 3.36. The lowest BCUT2D eigenvalue weighted by Crippen LogP contribution is -2.13. The van der Waals surface area contributed by atoms with Crippen LogP contribution in [0, 0.1) is 13.8 Å². The van der Waals surface area contributed by atoms with E-state index in [0.29, 0.717) is 11.4 Å².